The first kappa shape index (κ1) is 22.3. The molecule has 0 bridgehead atoms. The summed E-state index contributed by atoms with van der Waals surface area (Å²) in [6.07, 6.45) is 2.37. The van der Waals surface area contributed by atoms with Gasteiger partial charge in [-0.1, -0.05) is 35.9 Å². The molecule has 3 aromatic carbocycles. The van der Waals surface area contributed by atoms with E-state index in [9.17, 15) is 16.8 Å². The first-order valence-corrected chi connectivity index (χ1v) is 13.4. The van der Waals surface area contributed by atoms with E-state index in [0.29, 0.717) is 17.1 Å². The lowest BCUT2D eigenvalue weighted by Gasteiger charge is -2.11. The Morgan fingerprint density at radius 3 is 2.28 bits per heavy atom. The maximum atomic E-state index is 13.0. The number of sulfonamides is 1. The maximum absolute atomic E-state index is 13.0. The van der Waals surface area contributed by atoms with Crippen LogP contribution in [0.5, 0.6) is 0 Å². The van der Waals surface area contributed by atoms with Gasteiger partial charge in [0.15, 0.2) is 9.84 Å². The molecule has 1 aromatic heterocycles. The summed E-state index contributed by atoms with van der Waals surface area (Å²) in [7, 11) is -7.84. The molecular weight excluding hydrogens is 470 g/mol. The van der Waals surface area contributed by atoms with Gasteiger partial charge in [0.1, 0.15) is 4.90 Å². The number of fused-ring (bicyclic) bond motifs is 1. The molecule has 0 amide bonds. The lowest BCUT2D eigenvalue weighted by Crippen LogP contribution is -2.16. The fraction of sp³-hybridized carbons (Fsp3) is 0.136. The second-order valence-electron chi connectivity index (χ2n) is 7.38. The molecule has 1 heterocycles. The predicted molar refractivity (Wildman–Crippen MR) is 125 cm³/mol. The third kappa shape index (κ3) is 4.79. The summed E-state index contributed by atoms with van der Waals surface area (Å²) in [4.78, 5) is -0.543. The minimum atomic E-state index is -4.12. The minimum absolute atomic E-state index is 0.249. The van der Waals surface area contributed by atoms with Crippen molar-refractivity contribution >= 4 is 48.1 Å². The monoisotopic (exact) mass is 489 g/mol. The molecule has 0 aliphatic carbocycles. The molecule has 0 spiro atoms. The van der Waals surface area contributed by atoms with Crippen molar-refractivity contribution in [2.75, 3.05) is 11.0 Å². The number of nitrogens with one attached hydrogen (secondary N) is 2. The SMILES string of the molecule is CS(=O)(=O)c1ccccc1S(=O)(=O)Nc1ccc2[nH]nc(CCc3ccc(Cl)cc3)c2c1. The molecule has 0 saturated heterocycles. The quantitative estimate of drug-likeness (QED) is 0.404. The Balaban J connectivity index is 1.62. The normalized spacial score (nSPS) is 12.2. The highest BCUT2D eigenvalue weighted by Gasteiger charge is 2.23. The third-order valence-electron chi connectivity index (χ3n) is 5.00. The lowest BCUT2D eigenvalue weighted by molar-refractivity contribution is 0.588. The molecule has 2 N–H and O–H groups in total. The van der Waals surface area contributed by atoms with Crippen LogP contribution in [-0.4, -0.2) is 33.3 Å². The van der Waals surface area contributed by atoms with Crippen LogP contribution in [0.1, 0.15) is 11.3 Å². The van der Waals surface area contributed by atoms with Gasteiger partial charge in [-0.3, -0.25) is 9.82 Å². The zero-order chi connectivity index (χ0) is 22.9. The molecule has 10 heteroatoms. The van der Waals surface area contributed by atoms with Crippen LogP contribution in [0.2, 0.25) is 5.02 Å². The van der Waals surface area contributed by atoms with Crippen molar-refractivity contribution < 1.29 is 16.8 Å². The van der Waals surface area contributed by atoms with E-state index in [1.165, 1.54) is 24.3 Å². The number of anilines is 1. The van der Waals surface area contributed by atoms with Gasteiger partial charge < -0.3 is 0 Å². The molecule has 32 heavy (non-hydrogen) atoms. The number of aryl methyl sites for hydroxylation is 2. The number of H-pyrrole nitrogens is 1. The van der Waals surface area contributed by atoms with Crippen molar-refractivity contribution in [3.63, 3.8) is 0 Å². The van der Waals surface area contributed by atoms with Crippen LogP contribution in [0.25, 0.3) is 10.9 Å². The molecule has 4 rings (SSSR count). The molecule has 0 atom stereocenters. The maximum Gasteiger partial charge on any atom is 0.263 e. The molecule has 0 saturated carbocycles. The number of hydrogen-bond donors (Lipinski definition) is 2. The average Bonchev–Trinajstić information content (AvgIpc) is 3.15. The van der Waals surface area contributed by atoms with Crippen LogP contribution in [0, 0.1) is 0 Å². The Morgan fingerprint density at radius 2 is 1.59 bits per heavy atom. The van der Waals surface area contributed by atoms with Crippen molar-refractivity contribution in [2.45, 2.75) is 22.6 Å². The van der Waals surface area contributed by atoms with Gasteiger partial charge in [0.25, 0.3) is 10.0 Å². The highest BCUT2D eigenvalue weighted by Crippen LogP contribution is 2.26. The first-order chi connectivity index (χ1) is 15.1. The summed E-state index contributed by atoms with van der Waals surface area (Å²) in [6.45, 7) is 0. The van der Waals surface area contributed by atoms with Crippen molar-refractivity contribution in [3.05, 3.63) is 83.0 Å². The smallest absolute Gasteiger partial charge is 0.263 e. The number of sulfone groups is 1. The van der Waals surface area contributed by atoms with Gasteiger partial charge in [-0.25, -0.2) is 16.8 Å². The third-order valence-corrected chi connectivity index (χ3v) is 7.97. The van der Waals surface area contributed by atoms with Gasteiger partial charge in [-0.2, -0.15) is 5.10 Å². The number of aromatic nitrogens is 2. The summed E-state index contributed by atoms with van der Waals surface area (Å²) < 4.78 is 52.5. The zero-order valence-electron chi connectivity index (χ0n) is 17.0. The highest BCUT2D eigenvalue weighted by atomic mass is 35.5. The summed E-state index contributed by atoms with van der Waals surface area (Å²) >= 11 is 5.93. The molecular formula is C22H20ClN3O4S2. The van der Waals surface area contributed by atoms with Crippen molar-refractivity contribution in [2.24, 2.45) is 0 Å². The average molecular weight is 490 g/mol. The summed E-state index contributed by atoms with van der Waals surface area (Å²) in [5.41, 5.74) is 3.00. The zero-order valence-corrected chi connectivity index (χ0v) is 19.4. The molecule has 0 aliphatic rings. The number of halogens is 1. The van der Waals surface area contributed by atoms with Crippen molar-refractivity contribution in [1.82, 2.24) is 10.2 Å². The largest absolute Gasteiger partial charge is 0.280 e. The van der Waals surface area contributed by atoms with Crippen molar-refractivity contribution in [3.8, 4) is 0 Å². The topological polar surface area (TPSA) is 109 Å². The van der Waals surface area contributed by atoms with E-state index in [2.05, 4.69) is 14.9 Å². The Kier molecular flexibility index (Phi) is 5.98. The Labute approximate surface area is 191 Å². The van der Waals surface area contributed by atoms with Crippen LogP contribution in [0.4, 0.5) is 5.69 Å². The van der Waals surface area contributed by atoms with Gasteiger partial charge in [-0.15, -0.1) is 0 Å². The van der Waals surface area contributed by atoms with Crippen LogP contribution < -0.4 is 4.72 Å². The molecule has 0 radical (unpaired) electrons. The predicted octanol–water partition coefficient (Wildman–Crippen LogP) is 4.21. The van der Waals surface area contributed by atoms with E-state index in [-0.39, 0.29) is 9.79 Å². The summed E-state index contributed by atoms with van der Waals surface area (Å²) in [6, 6.07) is 18.1. The number of benzene rings is 3. The van der Waals surface area contributed by atoms with E-state index in [1.54, 1.807) is 18.2 Å². The second-order valence-corrected chi connectivity index (χ2v) is 11.5. The van der Waals surface area contributed by atoms with Crippen LogP contribution >= 0.6 is 11.6 Å². The number of nitrogens with zero attached hydrogens (tertiary/aromatic N) is 1. The minimum Gasteiger partial charge on any atom is -0.280 e. The number of rotatable bonds is 7. The molecule has 166 valence electrons. The first-order valence-electron chi connectivity index (χ1n) is 9.67. The molecule has 7 nitrogen and oxygen atoms in total. The standard InChI is InChI=1S/C22H20ClN3O4S2/c1-31(27,28)21-4-2-3-5-22(21)32(29,30)26-17-11-13-20-18(14-17)19(24-25-20)12-8-15-6-9-16(23)10-7-15/h2-7,9-11,13-14,26H,8,12H2,1H3,(H,24,25). The molecule has 0 fully saturated rings. The second kappa shape index (κ2) is 8.57. The summed E-state index contributed by atoms with van der Waals surface area (Å²) in [5, 5.41) is 8.78. The molecule has 0 unspecified atom stereocenters. The van der Waals surface area contributed by atoms with E-state index in [1.807, 2.05) is 24.3 Å². The highest BCUT2D eigenvalue weighted by molar-refractivity contribution is 7.95. The van der Waals surface area contributed by atoms with Gasteiger partial charge in [0.05, 0.1) is 16.1 Å². The van der Waals surface area contributed by atoms with Gasteiger partial charge in [-0.05, 0) is 60.9 Å². The fourth-order valence-corrected chi connectivity index (χ4v) is 6.23. The van der Waals surface area contributed by atoms with E-state index < -0.39 is 19.9 Å². The van der Waals surface area contributed by atoms with Gasteiger partial charge in [0.2, 0.25) is 0 Å². The Bertz CT molecular complexity index is 1500. The summed E-state index contributed by atoms with van der Waals surface area (Å²) in [5.74, 6) is 0. The van der Waals surface area contributed by atoms with E-state index in [4.69, 9.17) is 11.6 Å². The molecule has 0 aliphatic heterocycles. The van der Waals surface area contributed by atoms with Gasteiger partial charge >= 0.3 is 0 Å². The molecule has 4 aromatic rings. The number of hydrogen-bond acceptors (Lipinski definition) is 5. The van der Waals surface area contributed by atoms with Gasteiger partial charge in [0, 0.05) is 22.4 Å². The number of aromatic amines is 1. The fourth-order valence-electron chi connectivity index (χ4n) is 3.42. The Morgan fingerprint density at radius 1 is 0.906 bits per heavy atom. The lowest BCUT2D eigenvalue weighted by atomic mass is 10.1. The van der Waals surface area contributed by atoms with E-state index in [0.717, 1.165) is 34.8 Å². The van der Waals surface area contributed by atoms with E-state index >= 15 is 0 Å². The van der Waals surface area contributed by atoms with Crippen LogP contribution in [-0.2, 0) is 32.7 Å². The van der Waals surface area contributed by atoms with Crippen LogP contribution in [0.3, 0.4) is 0 Å². The van der Waals surface area contributed by atoms with Crippen LogP contribution in [0.15, 0.2) is 76.5 Å². The van der Waals surface area contributed by atoms with Crippen molar-refractivity contribution in [1.29, 1.82) is 0 Å². The Hall–Kier alpha value is -2.88.